The van der Waals surface area contributed by atoms with Gasteiger partial charge in [-0.3, -0.25) is 9.36 Å². The van der Waals surface area contributed by atoms with Crippen molar-refractivity contribution in [3.05, 3.63) is 0 Å². The lowest BCUT2D eigenvalue weighted by molar-refractivity contribution is -0.870. The Labute approximate surface area is 302 Å². The minimum Gasteiger partial charge on any atom is -0.756 e. The molecule has 3 N–H and O–H groups in total. The van der Waals surface area contributed by atoms with E-state index in [2.05, 4.69) is 19.2 Å². The molecule has 10 heteroatoms. The lowest BCUT2D eigenvalue weighted by Crippen LogP contribution is -2.51. The zero-order valence-corrected chi connectivity index (χ0v) is 33.7. The summed E-state index contributed by atoms with van der Waals surface area (Å²) in [6, 6.07) is -1.06. The first-order valence-electron chi connectivity index (χ1n) is 20.5. The molecule has 0 heterocycles. The molecule has 0 radical (unpaired) electrons. The molecule has 0 aliphatic carbocycles. The Morgan fingerprint density at radius 1 is 0.653 bits per heavy atom. The van der Waals surface area contributed by atoms with Gasteiger partial charge in [-0.2, -0.15) is 0 Å². The summed E-state index contributed by atoms with van der Waals surface area (Å²) < 4.78 is 23.1. The van der Waals surface area contributed by atoms with E-state index in [9.17, 15) is 24.5 Å². The van der Waals surface area contributed by atoms with Gasteiger partial charge in [0.05, 0.1) is 39.9 Å². The second kappa shape index (κ2) is 32.1. The molecule has 4 atom stereocenters. The summed E-state index contributed by atoms with van der Waals surface area (Å²) in [7, 11) is 1.13. The van der Waals surface area contributed by atoms with Crippen LogP contribution in [0.25, 0.3) is 0 Å². The van der Waals surface area contributed by atoms with Crippen LogP contribution in [0.5, 0.6) is 0 Å². The number of aliphatic hydroxyl groups is 2. The van der Waals surface area contributed by atoms with Crippen molar-refractivity contribution < 1.29 is 38.0 Å². The highest BCUT2D eigenvalue weighted by Gasteiger charge is 2.29. The summed E-state index contributed by atoms with van der Waals surface area (Å²) in [5.41, 5.74) is 0. The van der Waals surface area contributed by atoms with Gasteiger partial charge in [0.15, 0.2) is 0 Å². The zero-order valence-electron chi connectivity index (χ0n) is 32.8. The Hall–Kier alpha value is -0.540. The largest absolute Gasteiger partial charge is 0.756 e. The predicted octanol–water partition coefficient (Wildman–Crippen LogP) is 8.97. The number of carbonyl (C=O) groups excluding carboxylic acids is 1. The first-order chi connectivity index (χ1) is 23.4. The summed E-state index contributed by atoms with van der Waals surface area (Å²) in [6.07, 6.45) is 28.4. The molecule has 0 saturated heterocycles. The van der Waals surface area contributed by atoms with Crippen molar-refractivity contribution in [3.8, 4) is 0 Å². The Balaban J connectivity index is 4.56. The van der Waals surface area contributed by atoms with Crippen LogP contribution < -0.4 is 10.2 Å². The van der Waals surface area contributed by atoms with Gasteiger partial charge in [0, 0.05) is 6.42 Å². The number of phosphoric acid groups is 1. The van der Waals surface area contributed by atoms with Gasteiger partial charge >= 0.3 is 0 Å². The van der Waals surface area contributed by atoms with E-state index in [1.54, 1.807) is 0 Å². The molecule has 0 aliphatic heterocycles. The van der Waals surface area contributed by atoms with E-state index in [0.29, 0.717) is 17.4 Å². The van der Waals surface area contributed by atoms with Gasteiger partial charge in [-0.15, -0.1) is 0 Å². The van der Waals surface area contributed by atoms with E-state index in [4.69, 9.17) is 9.05 Å². The fourth-order valence-corrected chi connectivity index (χ4v) is 6.80. The number of amides is 1. The third-order valence-electron chi connectivity index (χ3n) is 9.44. The van der Waals surface area contributed by atoms with E-state index in [0.717, 1.165) is 38.5 Å². The van der Waals surface area contributed by atoms with Crippen molar-refractivity contribution in [2.75, 3.05) is 40.9 Å². The van der Waals surface area contributed by atoms with E-state index in [1.807, 2.05) is 21.1 Å². The average Bonchev–Trinajstić information content (AvgIpc) is 3.04. The number of aliphatic hydroxyl groups excluding tert-OH is 2. The Bertz CT molecular complexity index is 796. The number of nitrogens with zero attached hydrogens (tertiary/aromatic N) is 1. The third-order valence-corrected chi connectivity index (χ3v) is 10.4. The van der Waals surface area contributed by atoms with Gasteiger partial charge in [0.2, 0.25) is 5.91 Å². The lowest BCUT2D eigenvalue weighted by Gasteiger charge is -2.31. The number of quaternary nitrogens is 1. The number of carbonyl (C=O) groups is 1. The fraction of sp³-hybridized carbons (Fsp3) is 0.974. The number of hydrogen-bond donors (Lipinski definition) is 3. The Morgan fingerprint density at radius 2 is 1.04 bits per heavy atom. The van der Waals surface area contributed by atoms with Gasteiger partial charge in [-0.1, -0.05) is 168 Å². The highest BCUT2D eigenvalue weighted by Crippen LogP contribution is 2.38. The zero-order chi connectivity index (χ0) is 36.6. The minimum absolute atomic E-state index is 0.0372. The number of hydrogen-bond acceptors (Lipinski definition) is 7. The van der Waals surface area contributed by atoms with Crippen molar-refractivity contribution in [1.82, 2.24) is 5.32 Å². The number of rotatable bonds is 37. The van der Waals surface area contributed by atoms with Crippen LogP contribution in [-0.2, 0) is 18.4 Å². The Kier molecular flexibility index (Phi) is 31.8. The van der Waals surface area contributed by atoms with Crippen LogP contribution in [0.1, 0.15) is 187 Å². The van der Waals surface area contributed by atoms with E-state index < -0.39 is 32.7 Å². The summed E-state index contributed by atoms with van der Waals surface area (Å²) >= 11 is 0. The molecular formula is C39H81N2O7P. The number of phosphoric ester groups is 1. The van der Waals surface area contributed by atoms with Crippen LogP contribution in [-0.4, -0.2) is 79.8 Å². The van der Waals surface area contributed by atoms with Crippen LogP contribution in [0.4, 0.5) is 0 Å². The number of likely N-dealkylation sites (N-methyl/N-ethyl adjacent to an activating group) is 1. The van der Waals surface area contributed by atoms with Crippen LogP contribution in [0.3, 0.4) is 0 Å². The molecule has 0 bridgehead atoms. The smallest absolute Gasteiger partial charge is 0.268 e. The first-order valence-corrected chi connectivity index (χ1v) is 21.9. The molecule has 49 heavy (non-hydrogen) atoms. The summed E-state index contributed by atoms with van der Waals surface area (Å²) in [5.74, 6) is -0.278. The topological polar surface area (TPSA) is 128 Å². The number of unbranched alkanes of at least 4 members (excludes halogenated alkanes) is 23. The maximum Gasteiger partial charge on any atom is 0.268 e. The predicted molar refractivity (Wildman–Crippen MR) is 202 cm³/mol. The summed E-state index contributed by atoms with van der Waals surface area (Å²) in [6.45, 7) is 4.43. The van der Waals surface area contributed by atoms with E-state index >= 15 is 0 Å². The van der Waals surface area contributed by atoms with Crippen LogP contribution >= 0.6 is 7.82 Å². The monoisotopic (exact) mass is 721 g/mol. The molecule has 0 aromatic heterocycles. The van der Waals surface area contributed by atoms with Crippen molar-refractivity contribution in [2.24, 2.45) is 0 Å². The highest BCUT2D eigenvalue weighted by atomic mass is 31.2. The van der Waals surface area contributed by atoms with Crippen molar-refractivity contribution in [1.29, 1.82) is 0 Å². The average molecular weight is 721 g/mol. The van der Waals surface area contributed by atoms with Gasteiger partial charge in [0.25, 0.3) is 7.82 Å². The Morgan fingerprint density at radius 3 is 1.45 bits per heavy atom. The maximum absolute atomic E-state index is 12.8. The molecule has 1 amide bonds. The highest BCUT2D eigenvalue weighted by molar-refractivity contribution is 7.45. The third kappa shape index (κ3) is 33.1. The second-order valence-electron chi connectivity index (χ2n) is 15.5. The van der Waals surface area contributed by atoms with Crippen molar-refractivity contribution >= 4 is 13.7 Å². The summed E-state index contributed by atoms with van der Waals surface area (Å²) in [4.78, 5) is 25.2. The quantitative estimate of drug-likeness (QED) is 0.0332. The van der Waals surface area contributed by atoms with Gasteiger partial charge in [-0.25, -0.2) is 0 Å². The minimum atomic E-state index is -4.65. The molecule has 0 aromatic rings. The molecular weight excluding hydrogens is 639 g/mol. The molecule has 0 spiro atoms. The lowest BCUT2D eigenvalue weighted by atomic mass is 9.99. The molecule has 0 fully saturated rings. The standard InChI is InChI=1S/C39H81N2O7P/c1-6-8-10-12-14-16-18-20-22-24-26-28-30-32-38(43)40-36(35-48-49(45,46)47-34-33-41(3,4)5)39(44)37(42)31-29-27-25-23-21-19-17-15-13-11-9-7-2/h36-37,39,42,44H,6-35H2,1-5H3,(H-,40,43,45,46). The summed E-state index contributed by atoms with van der Waals surface area (Å²) in [5, 5.41) is 24.5. The van der Waals surface area contributed by atoms with Crippen molar-refractivity contribution in [2.45, 2.75) is 205 Å². The molecule has 0 saturated carbocycles. The molecule has 294 valence electrons. The molecule has 0 aliphatic rings. The van der Waals surface area contributed by atoms with E-state index in [-0.39, 0.29) is 18.9 Å². The van der Waals surface area contributed by atoms with Crippen molar-refractivity contribution in [3.63, 3.8) is 0 Å². The molecule has 4 unspecified atom stereocenters. The second-order valence-corrected chi connectivity index (χ2v) is 16.9. The van der Waals surface area contributed by atoms with Gasteiger partial charge in [-0.05, 0) is 12.8 Å². The molecule has 0 aromatic carbocycles. The van der Waals surface area contributed by atoms with E-state index in [1.165, 1.54) is 122 Å². The normalized spacial score (nSPS) is 15.2. The fourth-order valence-electron chi connectivity index (χ4n) is 6.08. The molecule has 9 nitrogen and oxygen atoms in total. The van der Waals surface area contributed by atoms with Gasteiger partial charge in [0.1, 0.15) is 19.3 Å². The number of nitrogens with one attached hydrogen (secondary N) is 1. The van der Waals surface area contributed by atoms with Gasteiger partial charge < -0.3 is 34.0 Å². The first kappa shape index (κ1) is 48.5. The van der Waals surface area contributed by atoms with Crippen LogP contribution in [0, 0.1) is 0 Å². The SMILES string of the molecule is CCCCCCCCCCCCCCCC(=O)NC(COP(=O)([O-])OCC[N+](C)(C)C)C(O)C(O)CCCCCCCCCCCCCC. The molecule has 0 rings (SSSR count). The van der Waals surface area contributed by atoms with Crippen LogP contribution in [0.15, 0.2) is 0 Å². The maximum atomic E-state index is 12.8. The van der Waals surface area contributed by atoms with Crippen LogP contribution in [0.2, 0.25) is 0 Å².